The third-order valence-electron chi connectivity index (χ3n) is 5.08. The predicted molar refractivity (Wildman–Crippen MR) is 102 cm³/mol. The fourth-order valence-electron chi connectivity index (χ4n) is 3.77. The largest absolute Gasteiger partial charge is 0.495 e. The number of rotatable bonds is 4. The van der Waals surface area contributed by atoms with Crippen molar-refractivity contribution in [3.05, 3.63) is 59.0 Å². The highest BCUT2D eigenvalue weighted by molar-refractivity contribution is 7.89. The number of hydrogen-bond donors (Lipinski definition) is 2. The Labute approximate surface area is 157 Å². The van der Waals surface area contributed by atoms with Gasteiger partial charge in [-0.15, -0.1) is 0 Å². The predicted octanol–water partition coefficient (Wildman–Crippen LogP) is 3.46. The molecule has 0 saturated heterocycles. The van der Waals surface area contributed by atoms with Crippen molar-refractivity contribution >= 4 is 20.9 Å². The normalized spacial score (nSPS) is 17.1. The topological polar surface area (TPSA) is 71.2 Å². The monoisotopic (exact) mass is 388 g/mol. The minimum absolute atomic E-state index is 0.140. The number of aryl methyl sites for hydroxylation is 2. The van der Waals surface area contributed by atoms with E-state index in [-0.39, 0.29) is 16.8 Å². The molecule has 0 bridgehead atoms. The van der Waals surface area contributed by atoms with Crippen LogP contribution >= 0.6 is 0 Å². The molecule has 1 aromatic heterocycles. The Morgan fingerprint density at radius 2 is 2.04 bits per heavy atom. The summed E-state index contributed by atoms with van der Waals surface area (Å²) in [6, 6.07) is 9.47. The molecular formula is C20H21FN2O3S. The van der Waals surface area contributed by atoms with Crippen LogP contribution in [0.5, 0.6) is 5.75 Å². The smallest absolute Gasteiger partial charge is 0.244 e. The molecule has 3 aromatic rings. The van der Waals surface area contributed by atoms with Gasteiger partial charge in [-0.2, -0.15) is 0 Å². The Hall–Kier alpha value is -2.38. The highest BCUT2D eigenvalue weighted by Crippen LogP contribution is 2.31. The number of fused-ring (bicyclic) bond motifs is 3. The first-order valence-electron chi connectivity index (χ1n) is 8.83. The Morgan fingerprint density at radius 1 is 1.22 bits per heavy atom. The SMILES string of the molecule is COc1ccc(C)cc1S(=O)(=O)NC1CCc2[nH]c3ccc(F)cc3c2C1. The van der Waals surface area contributed by atoms with E-state index in [1.165, 1.54) is 19.2 Å². The summed E-state index contributed by atoms with van der Waals surface area (Å²) in [7, 11) is -2.28. The summed E-state index contributed by atoms with van der Waals surface area (Å²) in [6.45, 7) is 1.84. The summed E-state index contributed by atoms with van der Waals surface area (Å²) in [5, 5.41) is 0.821. The van der Waals surface area contributed by atoms with Gasteiger partial charge in [-0.25, -0.2) is 17.5 Å². The second-order valence-corrected chi connectivity index (χ2v) is 8.67. The molecule has 7 heteroatoms. The maximum Gasteiger partial charge on any atom is 0.244 e. The van der Waals surface area contributed by atoms with Crippen molar-refractivity contribution in [3.8, 4) is 5.75 Å². The molecule has 0 fully saturated rings. The Balaban J connectivity index is 1.64. The molecule has 0 radical (unpaired) electrons. The van der Waals surface area contributed by atoms with E-state index in [4.69, 9.17) is 4.74 Å². The van der Waals surface area contributed by atoms with Gasteiger partial charge in [-0.3, -0.25) is 0 Å². The summed E-state index contributed by atoms with van der Waals surface area (Å²) < 4.78 is 47.6. The van der Waals surface area contributed by atoms with Gasteiger partial charge >= 0.3 is 0 Å². The van der Waals surface area contributed by atoms with E-state index in [9.17, 15) is 12.8 Å². The minimum Gasteiger partial charge on any atom is -0.495 e. The van der Waals surface area contributed by atoms with Gasteiger partial charge in [0.2, 0.25) is 10.0 Å². The van der Waals surface area contributed by atoms with E-state index in [2.05, 4.69) is 9.71 Å². The third-order valence-corrected chi connectivity index (χ3v) is 6.62. The minimum atomic E-state index is -3.73. The quantitative estimate of drug-likeness (QED) is 0.719. The van der Waals surface area contributed by atoms with Crippen LogP contribution in [0.2, 0.25) is 0 Å². The lowest BCUT2D eigenvalue weighted by molar-refractivity contribution is 0.401. The molecule has 0 spiro atoms. The van der Waals surface area contributed by atoms with Crippen molar-refractivity contribution < 1.29 is 17.5 Å². The fourth-order valence-corrected chi connectivity index (χ4v) is 5.29. The first-order chi connectivity index (χ1) is 12.9. The van der Waals surface area contributed by atoms with E-state index in [0.717, 1.165) is 27.7 Å². The van der Waals surface area contributed by atoms with E-state index in [1.807, 2.05) is 13.0 Å². The van der Waals surface area contributed by atoms with Crippen LogP contribution in [-0.2, 0) is 22.9 Å². The molecular weight excluding hydrogens is 367 g/mol. The van der Waals surface area contributed by atoms with Crippen molar-refractivity contribution in [2.45, 2.75) is 37.1 Å². The summed E-state index contributed by atoms with van der Waals surface area (Å²) in [5.74, 6) is 0.0234. The zero-order chi connectivity index (χ0) is 19.2. The lowest BCUT2D eigenvalue weighted by Gasteiger charge is -2.24. The summed E-state index contributed by atoms with van der Waals surface area (Å²) in [6.07, 6.45) is 1.91. The number of aromatic nitrogens is 1. The molecule has 4 rings (SSSR count). The van der Waals surface area contributed by atoms with Gasteiger partial charge in [-0.05, 0) is 67.6 Å². The van der Waals surface area contributed by atoms with E-state index >= 15 is 0 Å². The number of H-pyrrole nitrogens is 1. The van der Waals surface area contributed by atoms with Crippen LogP contribution in [0.25, 0.3) is 10.9 Å². The molecule has 2 aromatic carbocycles. The lowest BCUT2D eigenvalue weighted by Crippen LogP contribution is -2.38. The first kappa shape index (κ1) is 18.0. The summed E-state index contributed by atoms with van der Waals surface area (Å²) >= 11 is 0. The van der Waals surface area contributed by atoms with Gasteiger partial charge in [0.15, 0.2) is 0 Å². The molecule has 1 unspecified atom stereocenters. The third kappa shape index (κ3) is 3.33. The maximum atomic E-state index is 13.7. The average Bonchev–Trinajstić information content (AvgIpc) is 2.98. The molecule has 0 amide bonds. The molecule has 2 N–H and O–H groups in total. The van der Waals surface area contributed by atoms with Gasteiger partial charge in [0.1, 0.15) is 16.5 Å². The van der Waals surface area contributed by atoms with Crippen LogP contribution in [0.3, 0.4) is 0 Å². The molecule has 5 nitrogen and oxygen atoms in total. The van der Waals surface area contributed by atoms with Crippen molar-refractivity contribution in [3.63, 3.8) is 0 Å². The second kappa shape index (κ2) is 6.65. The Kier molecular flexibility index (Phi) is 4.44. The highest BCUT2D eigenvalue weighted by atomic mass is 32.2. The fraction of sp³-hybridized carbons (Fsp3) is 0.300. The molecule has 0 saturated carbocycles. The van der Waals surface area contributed by atoms with Crippen LogP contribution in [0.1, 0.15) is 23.2 Å². The number of benzene rings is 2. The summed E-state index contributed by atoms with van der Waals surface area (Å²) in [4.78, 5) is 3.46. The highest BCUT2D eigenvalue weighted by Gasteiger charge is 2.28. The van der Waals surface area contributed by atoms with Gasteiger partial charge < -0.3 is 9.72 Å². The molecule has 27 heavy (non-hydrogen) atoms. The number of aromatic amines is 1. The molecule has 1 aliphatic carbocycles. The number of halogens is 1. The van der Waals surface area contributed by atoms with Crippen LogP contribution in [0.4, 0.5) is 4.39 Å². The van der Waals surface area contributed by atoms with Crippen LogP contribution in [-0.4, -0.2) is 26.6 Å². The zero-order valence-corrected chi connectivity index (χ0v) is 16.0. The van der Waals surface area contributed by atoms with Crippen molar-refractivity contribution in [1.29, 1.82) is 0 Å². The van der Waals surface area contributed by atoms with Crippen LogP contribution in [0, 0.1) is 12.7 Å². The van der Waals surface area contributed by atoms with E-state index in [0.29, 0.717) is 25.0 Å². The molecule has 1 atom stereocenters. The average molecular weight is 388 g/mol. The Morgan fingerprint density at radius 3 is 2.81 bits per heavy atom. The van der Waals surface area contributed by atoms with Crippen LogP contribution in [0.15, 0.2) is 41.3 Å². The zero-order valence-electron chi connectivity index (χ0n) is 15.2. The number of sulfonamides is 1. The standard InChI is InChI=1S/C20H21FN2O3S/c1-12-3-8-19(26-2)20(9-12)27(24,25)23-14-5-7-18-16(11-14)15-10-13(21)4-6-17(15)22-18/h3-4,6,8-10,14,22-23H,5,7,11H2,1-2H3. The lowest BCUT2D eigenvalue weighted by atomic mass is 9.92. The van der Waals surface area contributed by atoms with Gasteiger partial charge in [0.05, 0.1) is 7.11 Å². The molecule has 0 aliphatic heterocycles. The van der Waals surface area contributed by atoms with E-state index in [1.54, 1.807) is 18.2 Å². The van der Waals surface area contributed by atoms with Crippen molar-refractivity contribution in [2.24, 2.45) is 0 Å². The van der Waals surface area contributed by atoms with Crippen molar-refractivity contribution in [2.75, 3.05) is 7.11 Å². The van der Waals surface area contributed by atoms with Gasteiger partial charge in [0.25, 0.3) is 0 Å². The Bertz CT molecular complexity index is 1120. The maximum absolute atomic E-state index is 13.7. The number of methoxy groups -OCH3 is 1. The molecule has 1 heterocycles. The van der Waals surface area contributed by atoms with Crippen molar-refractivity contribution in [1.82, 2.24) is 9.71 Å². The van der Waals surface area contributed by atoms with E-state index < -0.39 is 10.0 Å². The van der Waals surface area contributed by atoms with Gasteiger partial charge in [-0.1, -0.05) is 6.07 Å². The molecule has 1 aliphatic rings. The van der Waals surface area contributed by atoms with Gasteiger partial charge in [0, 0.05) is 22.6 Å². The summed E-state index contributed by atoms with van der Waals surface area (Å²) in [5.41, 5.74) is 3.76. The number of hydrogen-bond acceptors (Lipinski definition) is 3. The second-order valence-electron chi connectivity index (χ2n) is 6.99. The first-order valence-corrected chi connectivity index (χ1v) is 10.3. The number of ether oxygens (including phenoxy) is 1. The number of nitrogens with one attached hydrogen (secondary N) is 2. The van der Waals surface area contributed by atoms with Crippen LogP contribution < -0.4 is 9.46 Å². The molecule has 142 valence electrons.